The molecule has 6 aromatic rings. The van der Waals surface area contributed by atoms with Gasteiger partial charge in [-0.2, -0.15) is 9.78 Å². The van der Waals surface area contributed by atoms with Crippen LogP contribution in [-0.4, -0.2) is 23.0 Å². The Balaban J connectivity index is 1.47. The number of fused-ring (bicyclic) bond motifs is 2. The zero-order valence-electron chi connectivity index (χ0n) is 22.1. The smallest absolute Gasteiger partial charge is 0.282 e. The highest BCUT2D eigenvalue weighted by molar-refractivity contribution is 9.10. The average Bonchev–Trinajstić information content (AvgIpc) is 3.41. The number of methoxy groups -OCH3 is 1. The maximum atomic E-state index is 13.7. The fourth-order valence-electron chi connectivity index (χ4n) is 4.50. The molecule has 0 atom stereocenters. The Hall–Kier alpha value is -4.40. The molecule has 204 valence electrons. The molecule has 0 radical (unpaired) electrons. The van der Waals surface area contributed by atoms with Crippen molar-refractivity contribution in [3.8, 4) is 23.1 Å². The summed E-state index contributed by atoms with van der Waals surface area (Å²) in [6.07, 6.45) is 1.53. The van der Waals surface area contributed by atoms with Gasteiger partial charge in [0.05, 0.1) is 34.1 Å². The molecule has 6 rings (SSSR count). The molecule has 0 aliphatic heterocycles. The molecule has 2 aromatic heterocycles. The minimum Gasteiger partial charge on any atom is -0.496 e. The van der Waals surface area contributed by atoms with Crippen LogP contribution in [0.15, 0.2) is 104 Å². The van der Waals surface area contributed by atoms with Gasteiger partial charge in [-0.3, -0.25) is 4.79 Å². The molecule has 0 fully saturated rings. The van der Waals surface area contributed by atoms with Crippen molar-refractivity contribution >= 4 is 55.6 Å². The van der Waals surface area contributed by atoms with Crippen LogP contribution in [0.4, 0.5) is 0 Å². The normalized spacial score (nSPS) is 11.5. The second kappa shape index (κ2) is 11.2. The molecular weight excluding hydrogens is 606 g/mol. The van der Waals surface area contributed by atoms with Crippen molar-refractivity contribution in [2.75, 3.05) is 7.11 Å². The van der Waals surface area contributed by atoms with Gasteiger partial charge in [0, 0.05) is 10.6 Å². The summed E-state index contributed by atoms with van der Waals surface area (Å²) in [6.45, 7) is 2.37. The SMILES string of the molecule is COc1cccc2oc(-c3nc4ccccc4c(=O)n3N=Cc3cc(Cl)cc(Br)c3OCc3ccc(C)cc3)cc12. The molecular formula is C32H23BrClN3O4. The molecule has 0 aliphatic carbocycles. The van der Waals surface area contributed by atoms with E-state index in [0.29, 0.717) is 55.4 Å². The molecule has 41 heavy (non-hydrogen) atoms. The van der Waals surface area contributed by atoms with E-state index in [1.807, 2.05) is 55.5 Å². The number of ether oxygens (including phenoxy) is 2. The Kier molecular flexibility index (Phi) is 7.34. The lowest BCUT2D eigenvalue weighted by atomic mass is 10.1. The standard InChI is InChI=1S/C32H23BrClN3O4/c1-19-10-12-20(13-11-19)18-40-30-21(14-22(34)15-25(30)33)17-35-37-31(36-26-7-4-3-6-23(26)32(37)38)29-16-24-27(39-2)8-5-9-28(24)41-29/h3-17H,18H2,1-2H3. The number of furan rings is 1. The molecule has 0 spiro atoms. The number of hydrogen-bond donors (Lipinski definition) is 0. The Morgan fingerprint density at radius 1 is 1.02 bits per heavy atom. The van der Waals surface area contributed by atoms with Gasteiger partial charge >= 0.3 is 0 Å². The van der Waals surface area contributed by atoms with Gasteiger partial charge in [-0.15, -0.1) is 0 Å². The fraction of sp³-hybridized carbons (Fsp3) is 0.0938. The van der Waals surface area contributed by atoms with Gasteiger partial charge in [0.1, 0.15) is 23.7 Å². The van der Waals surface area contributed by atoms with Crippen LogP contribution in [0.2, 0.25) is 5.02 Å². The second-order valence-electron chi connectivity index (χ2n) is 9.38. The van der Waals surface area contributed by atoms with E-state index in [-0.39, 0.29) is 11.4 Å². The maximum Gasteiger partial charge on any atom is 0.282 e. The minimum absolute atomic E-state index is 0.242. The summed E-state index contributed by atoms with van der Waals surface area (Å²) in [6, 6.07) is 26.0. The highest BCUT2D eigenvalue weighted by Gasteiger charge is 2.18. The Morgan fingerprint density at radius 2 is 1.83 bits per heavy atom. The first-order valence-electron chi connectivity index (χ1n) is 12.7. The monoisotopic (exact) mass is 627 g/mol. The fourth-order valence-corrected chi connectivity index (χ4v) is 5.45. The van der Waals surface area contributed by atoms with Gasteiger partial charge in [-0.05, 0) is 70.9 Å². The third kappa shape index (κ3) is 5.36. The zero-order valence-corrected chi connectivity index (χ0v) is 24.4. The van der Waals surface area contributed by atoms with Crippen LogP contribution < -0.4 is 15.0 Å². The van der Waals surface area contributed by atoms with E-state index in [4.69, 9.17) is 30.5 Å². The number of nitrogens with zero attached hydrogens (tertiary/aromatic N) is 3. The van der Waals surface area contributed by atoms with Crippen molar-refractivity contribution in [3.05, 3.63) is 121 Å². The first kappa shape index (κ1) is 26.8. The van der Waals surface area contributed by atoms with E-state index in [0.717, 1.165) is 10.9 Å². The largest absolute Gasteiger partial charge is 0.496 e. The van der Waals surface area contributed by atoms with E-state index in [9.17, 15) is 4.79 Å². The third-order valence-electron chi connectivity index (χ3n) is 6.57. The quantitative estimate of drug-likeness (QED) is 0.167. The average molecular weight is 629 g/mol. The molecule has 0 N–H and O–H groups in total. The lowest BCUT2D eigenvalue weighted by Gasteiger charge is -2.13. The number of aromatic nitrogens is 2. The van der Waals surface area contributed by atoms with Crippen molar-refractivity contribution in [1.82, 2.24) is 9.66 Å². The molecule has 7 nitrogen and oxygen atoms in total. The van der Waals surface area contributed by atoms with Crippen molar-refractivity contribution < 1.29 is 13.9 Å². The summed E-state index contributed by atoms with van der Waals surface area (Å²) in [5.41, 5.74) is 3.54. The summed E-state index contributed by atoms with van der Waals surface area (Å²) in [5, 5.41) is 6.25. The number of hydrogen-bond acceptors (Lipinski definition) is 6. The van der Waals surface area contributed by atoms with E-state index in [1.165, 1.54) is 16.5 Å². The van der Waals surface area contributed by atoms with Crippen molar-refractivity contribution in [2.45, 2.75) is 13.5 Å². The predicted octanol–water partition coefficient (Wildman–Crippen LogP) is 8.00. The van der Waals surface area contributed by atoms with Crippen LogP contribution in [0.1, 0.15) is 16.7 Å². The highest BCUT2D eigenvalue weighted by atomic mass is 79.9. The molecule has 0 aliphatic rings. The van der Waals surface area contributed by atoms with Crippen LogP contribution in [0.25, 0.3) is 33.5 Å². The molecule has 0 saturated heterocycles. The summed E-state index contributed by atoms with van der Waals surface area (Å²) >= 11 is 9.96. The number of rotatable bonds is 7. The summed E-state index contributed by atoms with van der Waals surface area (Å²) in [7, 11) is 1.59. The van der Waals surface area contributed by atoms with E-state index in [1.54, 1.807) is 43.5 Å². The third-order valence-corrected chi connectivity index (χ3v) is 7.38. The minimum atomic E-state index is -0.350. The van der Waals surface area contributed by atoms with E-state index >= 15 is 0 Å². The maximum absolute atomic E-state index is 13.7. The molecule has 0 bridgehead atoms. The lowest BCUT2D eigenvalue weighted by molar-refractivity contribution is 0.304. The van der Waals surface area contributed by atoms with Gasteiger partial charge in [0.15, 0.2) is 5.76 Å². The first-order valence-corrected chi connectivity index (χ1v) is 13.9. The second-order valence-corrected chi connectivity index (χ2v) is 10.7. The van der Waals surface area contributed by atoms with Crippen LogP contribution >= 0.6 is 27.5 Å². The number of para-hydroxylation sites is 1. The van der Waals surface area contributed by atoms with Crippen molar-refractivity contribution in [1.29, 1.82) is 0 Å². The van der Waals surface area contributed by atoms with Crippen LogP contribution in [0, 0.1) is 6.92 Å². The van der Waals surface area contributed by atoms with Gasteiger partial charge in [-0.25, -0.2) is 4.98 Å². The summed E-state index contributed by atoms with van der Waals surface area (Å²) in [5.74, 6) is 1.80. The summed E-state index contributed by atoms with van der Waals surface area (Å²) in [4.78, 5) is 18.5. The molecule has 0 unspecified atom stereocenters. The number of halogens is 2. The summed E-state index contributed by atoms with van der Waals surface area (Å²) < 4.78 is 19.7. The first-order chi connectivity index (χ1) is 19.9. The van der Waals surface area contributed by atoms with Crippen LogP contribution in [-0.2, 0) is 6.61 Å². The Labute approximate surface area is 248 Å². The van der Waals surface area contributed by atoms with Gasteiger partial charge in [0.2, 0.25) is 5.82 Å². The highest BCUT2D eigenvalue weighted by Crippen LogP contribution is 2.34. The Bertz CT molecular complexity index is 2000. The van der Waals surface area contributed by atoms with E-state index in [2.05, 4.69) is 21.0 Å². The van der Waals surface area contributed by atoms with Gasteiger partial charge in [-0.1, -0.05) is 59.6 Å². The van der Waals surface area contributed by atoms with Gasteiger partial charge < -0.3 is 13.9 Å². The molecule has 9 heteroatoms. The van der Waals surface area contributed by atoms with E-state index < -0.39 is 0 Å². The number of aryl methyl sites for hydroxylation is 1. The lowest BCUT2D eigenvalue weighted by Crippen LogP contribution is -2.20. The molecule has 0 amide bonds. The van der Waals surface area contributed by atoms with Crippen molar-refractivity contribution in [2.24, 2.45) is 5.10 Å². The zero-order chi connectivity index (χ0) is 28.5. The van der Waals surface area contributed by atoms with Gasteiger partial charge in [0.25, 0.3) is 5.56 Å². The van der Waals surface area contributed by atoms with Crippen molar-refractivity contribution in [3.63, 3.8) is 0 Å². The van der Waals surface area contributed by atoms with Crippen LogP contribution in [0.5, 0.6) is 11.5 Å². The number of benzene rings is 4. The van der Waals surface area contributed by atoms with Crippen LogP contribution in [0.3, 0.4) is 0 Å². The predicted molar refractivity (Wildman–Crippen MR) is 165 cm³/mol. The molecule has 4 aromatic carbocycles. The molecule has 2 heterocycles. The Morgan fingerprint density at radius 3 is 2.63 bits per heavy atom. The topological polar surface area (TPSA) is 78.9 Å². The molecule has 0 saturated carbocycles.